The van der Waals surface area contributed by atoms with Crippen LogP contribution in [0.3, 0.4) is 0 Å². The molecule has 0 unspecified atom stereocenters. The fourth-order valence-corrected chi connectivity index (χ4v) is 2.54. The second-order valence-electron chi connectivity index (χ2n) is 5.81. The third-order valence-corrected chi connectivity index (χ3v) is 3.89. The molecule has 0 saturated heterocycles. The molecule has 3 heterocycles. The average molecular weight is 377 g/mol. The largest absolute Gasteiger partial charge is 0.396 e. The van der Waals surface area contributed by atoms with Crippen LogP contribution in [0.1, 0.15) is 28.9 Å². The summed E-state index contributed by atoms with van der Waals surface area (Å²) in [5, 5.41) is 19.1. The number of hydrogen-bond acceptors (Lipinski definition) is 8. The summed E-state index contributed by atoms with van der Waals surface area (Å²) in [5.41, 5.74) is 8.99. The fraction of sp³-hybridized carbons (Fsp3) is 0.312. The molecule has 0 atom stereocenters. The topological polar surface area (TPSA) is 127 Å². The number of nitriles is 1. The summed E-state index contributed by atoms with van der Waals surface area (Å²) < 4.78 is 41.6. The molecule has 27 heavy (non-hydrogen) atoms. The number of fused-ring (bicyclic) bond motifs is 1. The van der Waals surface area contributed by atoms with Gasteiger partial charge in [0, 0.05) is 29.9 Å². The maximum atomic E-state index is 12.3. The van der Waals surface area contributed by atoms with E-state index in [1.54, 1.807) is 13.0 Å². The van der Waals surface area contributed by atoms with Gasteiger partial charge in [-0.1, -0.05) is 0 Å². The first kappa shape index (κ1) is 18.4. The van der Waals surface area contributed by atoms with Crippen molar-refractivity contribution < 1.29 is 17.8 Å². The van der Waals surface area contributed by atoms with Crippen molar-refractivity contribution in [2.45, 2.75) is 25.9 Å². The SMILES string of the molecule is Cc1nc2nonc2c(N)c1Cc1ccc(C#N)c(NCCC(F)(F)F)n1. The molecular formula is C16H14F3N7O. The van der Waals surface area contributed by atoms with Gasteiger partial charge in [-0.3, -0.25) is 0 Å². The monoisotopic (exact) mass is 377 g/mol. The van der Waals surface area contributed by atoms with E-state index in [2.05, 4.69) is 30.2 Å². The lowest BCUT2D eigenvalue weighted by Crippen LogP contribution is -2.16. The molecule has 0 fully saturated rings. The van der Waals surface area contributed by atoms with Crippen molar-refractivity contribution in [3.8, 4) is 6.07 Å². The zero-order chi connectivity index (χ0) is 19.6. The molecule has 3 N–H and O–H groups in total. The molecule has 8 nitrogen and oxygen atoms in total. The Morgan fingerprint density at radius 3 is 2.74 bits per heavy atom. The number of nitrogen functional groups attached to an aromatic ring is 1. The van der Waals surface area contributed by atoms with Crippen molar-refractivity contribution in [1.29, 1.82) is 5.26 Å². The van der Waals surface area contributed by atoms with Crippen LogP contribution in [0.25, 0.3) is 11.2 Å². The average Bonchev–Trinajstić information content (AvgIpc) is 3.06. The van der Waals surface area contributed by atoms with Crippen molar-refractivity contribution in [1.82, 2.24) is 20.3 Å². The van der Waals surface area contributed by atoms with E-state index in [1.807, 2.05) is 6.07 Å². The van der Waals surface area contributed by atoms with Crippen molar-refractivity contribution in [3.63, 3.8) is 0 Å². The van der Waals surface area contributed by atoms with E-state index >= 15 is 0 Å². The molecule has 11 heteroatoms. The van der Waals surface area contributed by atoms with Crippen LogP contribution < -0.4 is 11.1 Å². The van der Waals surface area contributed by atoms with E-state index in [9.17, 15) is 13.2 Å². The van der Waals surface area contributed by atoms with Gasteiger partial charge in [-0.2, -0.15) is 18.4 Å². The van der Waals surface area contributed by atoms with E-state index in [1.165, 1.54) is 6.07 Å². The Bertz CT molecular complexity index is 1020. The van der Waals surface area contributed by atoms with Crippen LogP contribution in [-0.2, 0) is 6.42 Å². The highest BCUT2D eigenvalue weighted by Crippen LogP contribution is 2.26. The summed E-state index contributed by atoms with van der Waals surface area (Å²) in [6, 6.07) is 5.01. The number of alkyl halides is 3. The zero-order valence-electron chi connectivity index (χ0n) is 14.1. The van der Waals surface area contributed by atoms with Crippen LogP contribution >= 0.6 is 0 Å². The van der Waals surface area contributed by atoms with Crippen LogP contribution in [0.5, 0.6) is 0 Å². The lowest BCUT2D eigenvalue weighted by molar-refractivity contribution is -0.131. The van der Waals surface area contributed by atoms with Crippen molar-refractivity contribution in [3.05, 3.63) is 34.6 Å². The number of rotatable bonds is 5. The number of nitrogens with two attached hydrogens (primary N) is 1. The lowest BCUT2D eigenvalue weighted by atomic mass is 10.0. The van der Waals surface area contributed by atoms with Crippen LogP contribution in [0, 0.1) is 18.3 Å². The fourth-order valence-electron chi connectivity index (χ4n) is 2.54. The molecule has 0 aliphatic rings. The van der Waals surface area contributed by atoms with Crippen LogP contribution in [0.15, 0.2) is 16.8 Å². The van der Waals surface area contributed by atoms with Gasteiger partial charge in [-0.05, 0) is 29.4 Å². The Morgan fingerprint density at radius 1 is 1.26 bits per heavy atom. The smallest absolute Gasteiger partial charge is 0.390 e. The third-order valence-electron chi connectivity index (χ3n) is 3.89. The molecule has 0 spiro atoms. The van der Waals surface area contributed by atoms with E-state index in [4.69, 9.17) is 11.0 Å². The molecule has 0 aliphatic heterocycles. The van der Waals surface area contributed by atoms with E-state index < -0.39 is 12.6 Å². The normalized spacial score (nSPS) is 11.5. The minimum absolute atomic E-state index is 0.0904. The summed E-state index contributed by atoms with van der Waals surface area (Å²) >= 11 is 0. The summed E-state index contributed by atoms with van der Waals surface area (Å²) in [7, 11) is 0. The van der Waals surface area contributed by atoms with Gasteiger partial charge in [0.1, 0.15) is 11.9 Å². The number of halogens is 3. The molecule has 0 aromatic carbocycles. The molecule has 0 bridgehead atoms. The van der Waals surface area contributed by atoms with E-state index in [0.29, 0.717) is 28.2 Å². The first-order valence-electron chi connectivity index (χ1n) is 7.86. The molecule has 3 aromatic rings. The van der Waals surface area contributed by atoms with Gasteiger partial charge < -0.3 is 11.1 Å². The van der Waals surface area contributed by atoms with E-state index in [-0.39, 0.29) is 30.0 Å². The van der Waals surface area contributed by atoms with Gasteiger partial charge in [-0.15, -0.1) is 0 Å². The van der Waals surface area contributed by atoms with Crippen molar-refractivity contribution in [2.24, 2.45) is 0 Å². The number of aromatic nitrogens is 4. The molecule has 3 rings (SSSR count). The van der Waals surface area contributed by atoms with Crippen LogP contribution in [0.4, 0.5) is 24.7 Å². The quantitative estimate of drug-likeness (QED) is 0.695. The predicted molar refractivity (Wildman–Crippen MR) is 89.7 cm³/mol. The highest BCUT2D eigenvalue weighted by atomic mass is 19.4. The second kappa shape index (κ2) is 7.06. The van der Waals surface area contributed by atoms with Gasteiger partial charge >= 0.3 is 6.18 Å². The second-order valence-corrected chi connectivity index (χ2v) is 5.81. The van der Waals surface area contributed by atoms with Gasteiger partial charge in [0.2, 0.25) is 5.65 Å². The summed E-state index contributed by atoms with van der Waals surface area (Å²) in [5.74, 6) is 0.0904. The zero-order valence-corrected chi connectivity index (χ0v) is 14.1. The summed E-state index contributed by atoms with van der Waals surface area (Å²) in [6.07, 6.45) is -5.07. The molecule has 0 radical (unpaired) electrons. The van der Waals surface area contributed by atoms with Crippen LogP contribution in [-0.4, -0.2) is 33.0 Å². The Labute approximate surface area is 151 Å². The Kier molecular flexibility index (Phi) is 4.81. The van der Waals surface area contributed by atoms with Crippen LogP contribution in [0.2, 0.25) is 0 Å². The Hall–Kier alpha value is -3.42. The standard InChI is InChI=1S/C16H14F3N7O/c1-8-11(12(21)13-15(23-8)26-27-25-13)6-10-3-2-9(7-20)14(24-10)22-5-4-16(17,18)19/h2-3H,4-6,21H2,1H3,(H,22,24). The minimum atomic E-state index is -4.30. The number of nitrogens with one attached hydrogen (secondary N) is 1. The first-order chi connectivity index (χ1) is 12.8. The molecule has 0 saturated carbocycles. The Balaban J connectivity index is 1.87. The maximum Gasteiger partial charge on any atom is 0.390 e. The van der Waals surface area contributed by atoms with E-state index in [0.717, 1.165) is 0 Å². The lowest BCUT2D eigenvalue weighted by Gasteiger charge is -2.12. The number of pyridine rings is 2. The summed E-state index contributed by atoms with van der Waals surface area (Å²) in [4.78, 5) is 8.52. The maximum absolute atomic E-state index is 12.3. The van der Waals surface area contributed by atoms with Gasteiger partial charge in [-0.25, -0.2) is 14.6 Å². The van der Waals surface area contributed by atoms with Crippen molar-refractivity contribution in [2.75, 3.05) is 17.6 Å². The Morgan fingerprint density at radius 2 is 2.04 bits per heavy atom. The summed E-state index contributed by atoms with van der Waals surface area (Å²) in [6.45, 7) is 1.36. The number of anilines is 2. The molecule has 3 aromatic heterocycles. The number of hydrogen-bond donors (Lipinski definition) is 2. The predicted octanol–water partition coefficient (Wildman–Crippen LogP) is 2.73. The molecule has 0 amide bonds. The van der Waals surface area contributed by atoms with Gasteiger partial charge in [0.15, 0.2) is 5.52 Å². The molecule has 0 aliphatic carbocycles. The highest BCUT2D eigenvalue weighted by Gasteiger charge is 2.26. The first-order valence-corrected chi connectivity index (χ1v) is 7.86. The highest BCUT2D eigenvalue weighted by molar-refractivity contribution is 5.85. The minimum Gasteiger partial charge on any atom is -0.396 e. The molecular weight excluding hydrogens is 363 g/mol. The van der Waals surface area contributed by atoms with Gasteiger partial charge in [0.25, 0.3) is 0 Å². The number of aryl methyl sites for hydroxylation is 1. The third kappa shape index (κ3) is 4.05. The number of nitrogens with zero attached hydrogens (tertiary/aromatic N) is 5. The van der Waals surface area contributed by atoms with Crippen molar-refractivity contribution >= 4 is 22.7 Å². The molecule has 140 valence electrons. The van der Waals surface area contributed by atoms with Gasteiger partial charge in [0.05, 0.1) is 17.7 Å².